The first-order valence-electron chi connectivity index (χ1n) is 37.2. The van der Waals surface area contributed by atoms with E-state index < -0.39 is 20.2 Å². The average molecular weight is 1240 g/mol. The van der Waals surface area contributed by atoms with Crippen LogP contribution in [0.25, 0.3) is 0 Å². The third-order valence-electron chi connectivity index (χ3n) is 18.1. The van der Waals surface area contributed by atoms with Crippen LogP contribution in [0.3, 0.4) is 0 Å². The molecule has 9 heteroatoms. The van der Waals surface area contributed by atoms with Crippen LogP contribution in [0, 0.1) is 0 Å². The van der Waals surface area contributed by atoms with Crippen molar-refractivity contribution in [1.82, 2.24) is 0 Å². The van der Waals surface area contributed by atoms with E-state index in [0.717, 1.165) is 36.8 Å². The smallest absolute Gasteiger partial charge is 0.744 e. The molecule has 6 nitrogen and oxygen atoms in total. The SMILES string of the molecule is CCCCCCCCCCCCCCCCCCCCCCCCCCCCCCCCc1ccc(S(=O)(=O)[O-])cc1.CCCCCCCCCCCCCCCCCCCCCCCCCCCCCCCCc1ccc(S(=O)(=O)[O-])cc1.[Mg+2]. The summed E-state index contributed by atoms with van der Waals surface area (Å²) in [6.45, 7) is 4.60. The maximum atomic E-state index is 11.0. The van der Waals surface area contributed by atoms with Crippen molar-refractivity contribution in [3.05, 3.63) is 59.7 Å². The minimum atomic E-state index is -4.33. The fourth-order valence-corrected chi connectivity index (χ4v) is 13.3. The normalized spacial score (nSPS) is 11.7. The molecule has 0 saturated heterocycles. The number of unbranched alkanes of at least 4 members (excludes halogenated alkanes) is 58. The molecule has 0 N–H and O–H groups in total. The second-order valence-corrected chi connectivity index (χ2v) is 29.0. The van der Waals surface area contributed by atoms with Gasteiger partial charge in [-0.1, -0.05) is 411 Å². The van der Waals surface area contributed by atoms with E-state index in [0.29, 0.717) is 0 Å². The largest absolute Gasteiger partial charge is 2.00 e. The molecular weight excluding hydrogens is 1100 g/mol. The second kappa shape index (κ2) is 64.6. The van der Waals surface area contributed by atoms with Crippen LogP contribution in [0.4, 0.5) is 0 Å². The van der Waals surface area contributed by atoms with Crippen LogP contribution in [-0.2, 0) is 33.1 Å². The van der Waals surface area contributed by atoms with Crippen LogP contribution in [0.15, 0.2) is 58.3 Å². The standard InChI is InChI=1S/2C38H70O3S.Mg/c2*1-2-3-4-5-6-7-8-9-10-11-12-13-14-15-16-17-18-19-20-21-22-23-24-25-26-27-28-29-30-31-32-37-33-35-38(36-34-37)42(39,40)41;/h2*33-36H,2-32H2,1H3,(H,39,40,41);/q;;+2/p-2. The molecule has 0 aliphatic rings. The number of benzene rings is 2. The van der Waals surface area contributed by atoms with Gasteiger partial charge in [0.2, 0.25) is 0 Å². The molecule has 0 unspecified atom stereocenters. The van der Waals surface area contributed by atoms with Gasteiger partial charge in [0.05, 0.1) is 9.79 Å². The third kappa shape index (κ3) is 60.4. The maximum absolute atomic E-state index is 11.0. The van der Waals surface area contributed by atoms with Crippen molar-refractivity contribution >= 4 is 43.3 Å². The molecular formula is C76H138MgO6S2. The zero-order valence-electron chi connectivity index (χ0n) is 56.4. The van der Waals surface area contributed by atoms with Crippen molar-refractivity contribution in [2.45, 2.75) is 422 Å². The van der Waals surface area contributed by atoms with Gasteiger partial charge in [0.1, 0.15) is 20.2 Å². The predicted octanol–water partition coefficient (Wildman–Crippen LogP) is 25.3. The molecule has 0 bridgehead atoms. The van der Waals surface area contributed by atoms with Gasteiger partial charge in [0.25, 0.3) is 0 Å². The van der Waals surface area contributed by atoms with E-state index in [1.807, 2.05) is 0 Å². The van der Waals surface area contributed by atoms with Crippen LogP contribution in [0.5, 0.6) is 0 Å². The molecule has 0 radical (unpaired) electrons. The van der Waals surface area contributed by atoms with Crippen LogP contribution in [0.2, 0.25) is 0 Å². The molecule has 0 spiro atoms. The zero-order chi connectivity index (χ0) is 60.8. The van der Waals surface area contributed by atoms with Crippen LogP contribution >= 0.6 is 0 Å². The Bertz CT molecular complexity index is 1720. The first-order valence-corrected chi connectivity index (χ1v) is 40.0. The summed E-state index contributed by atoms with van der Waals surface area (Å²) >= 11 is 0. The second-order valence-electron chi connectivity index (χ2n) is 26.2. The Kier molecular flexibility index (Phi) is 63.8. The minimum absolute atomic E-state index is 0. The Hall–Kier alpha value is -0.974. The fourth-order valence-electron chi connectivity index (χ4n) is 12.3. The van der Waals surface area contributed by atoms with E-state index >= 15 is 0 Å². The van der Waals surface area contributed by atoms with Crippen molar-refractivity contribution < 1.29 is 25.9 Å². The average Bonchev–Trinajstić information content (AvgIpc) is 3.66. The van der Waals surface area contributed by atoms with Crippen LogP contribution < -0.4 is 0 Å². The van der Waals surface area contributed by atoms with Gasteiger partial charge in [0, 0.05) is 0 Å². The first-order chi connectivity index (χ1) is 41.1. The van der Waals surface area contributed by atoms with Gasteiger partial charge in [0.15, 0.2) is 0 Å². The summed E-state index contributed by atoms with van der Waals surface area (Å²) < 4.78 is 65.9. The van der Waals surface area contributed by atoms with Crippen molar-refractivity contribution in [3.63, 3.8) is 0 Å². The molecule has 0 saturated carbocycles. The minimum Gasteiger partial charge on any atom is -0.744 e. The van der Waals surface area contributed by atoms with E-state index in [2.05, 4.69) is 13.8 Å². The molecule has 0 aromatic heterocycles. The maximum Gasteiger partial charge on any atom is 2.00 e. The summed E-state index contributed by atoms with van der Waals surface area (Å²) in [5.41, 5.74) is 2.23. The molecule has 0 heterocycles. The molecule has 2 rings (SSSR count). The molecule has 0 aliphatic carbocycles. The van der Waals surface area contributed by atoms with E-state index in [9.17, 15) is 25.9 Å². The summed E-state index contributed by atoms with van der Waals surface area (Å²) in [4.78, 5) is -0.265. The molecule has 0 atom stereocenters. The Labute approximate surface area is 546 Å². The van der Waals surface area contributed by atoms with Crippen molar-refractivity contribution in [1.29, 1.82) is 0 Å². The Morgan fingerprint density at radius 3 is 0.447 bits per heavy atom. The Morgan fingerprint density at radius 1 is 0.212 bits per heavy atom. The summed E-state index contributed by atoms with van der Waals surface area (Å²) in [6, 6.07) is 12.8. The van der Waals surface area contributed by atoms with E-state index in [1.165, 1.54) is 397 Å². The molecule has 2 aromatic rings. The summed E-state index contributed by atoms with van der Waals surface area (Å²) in [7, 11) is -8.66. The molecule has 0 aliphatic heterocycles. The van der Waals surface area contributed by atoms with E-state index in [1.54, 1.807) is 24.3 Å². The van der Waals surface area contributed by atoms with Gasteiger partial charge in [-0.3, -0.25) is 0 Å². The van der Waals surface area contributed by atoms with Gasteiger partial charge in [-0.05, 0) is 61.1 Å². The molecule has 85 heavy (non-hydrogen) atoms. The molecule has 2 aromatic carbocycles. The first kappa shape index (κ1) is 84.0. The predicted molar refractivity (Wildman–Crippen MR) is 370 cm³/mol. The number of rotatable bonds is 64. The molecule has 0 fully saturated rings. The Morgan fingerprint density at radius 2 is 0.329 bits per heavy atom. The van der Waals surface area contributed by atoms with Gasteiger partial charge >= 0.3 is 23.1 Å². The van der Waals surface area contributed by atoms with E-state index in [-0.39, 0.29) is 32.8 Å². The van der Waals surface area contributed by atoms with E-state index in [4.69, 9.17) is 0 Å². The topological polar surface area (TPSA) is 114 Å². The number of hydrogen-bond acceptors (Lipinski definition) is 6. The van der Waals surface area contributed by atoms with Crippen molar-refractivity contribution in [2.75, 3.05) is 0 Å². The summed E-state index contributed by atoms with van der Waals surface area (Å²) in [5.74, 6) is 0. The van der Waals surface area contributed by atoms with Crippen LogP contribution in [-0.4, -0.2) is 49.0 Å². The monoisotopic (exact) mass is 1230 g/mol. The van der Waals surface area contributed by atoms with Gasteiger partial charge < -0.3 is 9.11 Å². The van der Waals surface area contributed by atoms with Gasteiger partial charge in [-0.25, -0.2) is 16.8 Å². The van der Waals surface area contributed by atoms with Crippen molar-refractivity contribution in [3.8, 4) is 0 Å². The van der Waals surface area contributed by atoms with Gasteiger partial charge in [-0.15, -0.1) is 0 Å². The number of hydrogen-bond donors (Lipinski definition) is 0. The molecule has 492 valence electrons. The quantitative estimate of drug-likeness (QED) is 0.0370. The number of aryl methyl sites for hydroxylation is 2. The fraction of sp³-hybridized carbons (Fsp3) is 0.842. The van der Waals surface area contributed by atoms with Crippen molar-refractivity contribution in [2.24, 2.45) is 0 Å². The summed E-state index contributed by atoms with van der Waals surface area (Å²) in [6.07, 6.45) is 86.9. The van der Waals surface area contributed by atoms with Crippen LogP contribution in [0.1, 0.15) is 410 Å². The molecule has 0 amide bonds. The third-order valence-corrected chi connectivity index (χ3v) is 19.8. The summed E-state index contributed by atoms with van der Waals surface area (Å²) in [5, 5.41) is 0. The zero-order valence-corrected chi connectivity index (χ0v) is 59.5. The Balaban J connectivity index is 0.00000164. The van der Waals surface area contributed by atoms with Gasteiger partial charge in [-0.2, -0.15) is 0 Å².